The Bertz CT molecular complexity index is 619. The van der Waals surface area contributed by atoms with Gasteiger partial charge in [0.2, 0.25) is 0 Å². The largest absolute Gasteiger partial charge is 0.369 e. The number of nitrogens with zero attached hydrogens (tertiary/aromatic N) is 2. The van der Waals surface area contributed by atoms with Gasteiger partial charge in [0.05, 0.1) is 17.9 Å². The summed E-state index contributed by atoms with van der Waals surface area (Å²) in [5.41, 5.74) is 3.36. The van der Waals surface area contributed by atoms with Crippen molar-refractivity contribution in [1.29, 1.82) is 0 Å². The Morgan fingerprint density at radius 2 is 2.33 bits per heavy atom. The molecule has 3 N–H and O–H groups in total. The molecule has 2 atom stereocenters. The highest BCUT2D eigenvalue weighted by molar-refractivity contribution is 5.94. The van der Waals surface area contributed by atoms with Crippen molar-refractivity contribution in [3.63, 3.8) is 0 Å². The Labute approximate surface area is 122 Å². The summed E-state index contributed by atoms with van der Waals surface area (Å²) in [6, 6.07) is 1.89. The first-order chi connectivity index (χ1) is 10.1. The number of amides is 1. The van der Waals surface area contributed by atoms with Crippen molar-refractivity contribution >= 4 is 5.91 Å². The Kier molecular flexibility index (Phi) is 3.74. The van der Waals surface area contributed by atoms with Crippen LogP contribution in [0, 0.1) is 0 Å². The molecule has 21 heavy (non-hydrogen) atoms. The standard InChI is InChI=1S/C14H19N5O2/c1-8-7-11-12(9(2)21-8)18-19-13(11)14(20)15-5-3-10-4-6-16-17-10/h4,6,8-9H,3,5,7H2,1-2H3,(H,15,20)(H,16,17)(H,18,19)/t8-,9+/m1/s1. The molecule has 0 aromatic carbocycles. The molecule has 0 saturated carbocycles. The van der Waals surface area contributed by atoms with Crippen LogP contribution in [0.1, 0.15) is 47.4 Å². The molecule has 3 heterocycles. The monoisotopic (exact) mass is 289 g/mol. The summed E-state index contributed by atoms with van der Waals surface area (Å²) in [6.07, 6.45) is 3.17. The second-order valence-electron chi connectivity index (χ2n) is 5.35. The van der Waals surface area contributed by atoms with E-state index in [-0.39, 0.29) is 18.1 Å². The van der Waals surface area contributed by atoms with Crippen molar-refractivity contribution in [2.45, 2.75) is 38.9 Å². The first-order valence-corrected chi connectivity index (χ1v) is 7.14. The van der Waals surface area contributed by atoms with E-state index in [0.717, 1.165) is 17.0 Å². The molecule has 0 saturated heterocycles. The molecule has 1 amide bonds. The molecule has 0 radical (unpaired) electrons. The number of aromatic nitrogens is 4. The van der Waals surface area contributed by atoms with Crippen molar-refractivity contribution in [2.75, 3.05) is 6.54 Å². The zero-order valence-electron chi connectivity index (χ0n) is 12.1. The molecule has 2 aromatic heterocycles. The molecule has 7 nitrogen and oxygen atoms in total. The number of rotatable bonds is 4. The quantitative estimate of drug-likeness (QED) is 0.786. The topological polar surface area (TPSA) is 95.7 Å². The summed E-state index contributed by atoms with van der Waals surface area (Å²) >= 11 is 0. The highest BCUT2D eigenvalue weighted by Crippen LogP contribution is 2.29. The van der Waals surface area contributed by atoms with Gasteiger partial charge in [-0.25, -0.2) is 0 Å². The van der Waals surface area contributed by atoms with Gasteiger partial charge in [0.15, 0.2) is 5.69 Å². The van der Waals surface area contributed by atoms with Crippen LogP contribution in [0.2, 0.25) is 0 Å². The maximum atomic E-state index is 12.3. The minimum Gasteiger partial charge on any atom is -0.369 e. The lowest BCUT2D eigenvalue weighted by molar-refractivity contribution is -0.00697. The Morgan fingerprint density at radius 3 is 3.10 bits per heavy atom. The van der Waals surface area contributed by atoms with E-state index in [0.29, 0.717) is 25.1 Å². The van der Waals surface area contributed by atoms with Crippen LogP contribution in [-0.2, 0) is 17.6 Å². The van der Waals surface area contributed by atoms with Gasteiger partial charge in [-0.3, -0.25) is 15.0 Å². The zero-order valence-corrected chi connectivity index (χ0v) is 12.1. The predicted octanol–water partition coefficient (Wildman–Crippen LogP) is 1.13. The van der Waals surface area contributed by atoms with Crippen LogP contribution in [0.15, 0.2) is 12.3 Å². The van der Waals surface area contributed by atoms with E-state index < -0.39 is 0 Å². The number of H-pyrrole nitrogens is 2. The van der Waals surface area contributed by atoms with Crippen LogP contribution >= 0.6 is 0 Å². The summed E-state index contributed by atoms with van der Waals surface area (Å²) in [5.74, 6) is -0.145. The molecule has 112 valence electrons. The maximum absolute atomic E-state index is 12.3. The summed E-state index contributed by atoms with van der Waals surface area (Å²) in [7, 11) is 0. The van der Waals surface area contributed by atoms with Gasteiger partial charge in [-0.05, 0) is 19.9 Å². The van der Waals surface area contributed by atoms with Crippen molar-refractivity contribution in [2.24, 2.45) is 0 Å². The summed E-state index contributed by atoms with van der Waals surface area (Å²) in [4.78, 5) is 12.3. The van der Waals surface area contributed by atoms with Gasteiger partial charge in [-0.2, -0.15) is 10.2 Å². The molecule has 0 fully saturated rings. The fraction of sp³-hybridized carbons (Fsp3) is 0.500. The molecule has 3 rings (SSSR count). The van der Waals surface area contributed by atoms with E-state index in [9.17, 15) is 4.79 Å². The average Bonchev–Trinajstić information content (AvgIpc) is 3.07. The lowest BCUT2D eigenvalue weighted by atomic mass is 9.99. The molecule has 1 aliphatic rings. The van der Waals surface area contributed by atoms with Crippen molar-refractivity contribution < 1.29 is 9.53 Å². The van der Waals surface area contributed by atoms with Crippen LogP contribution in [0.4, 0.5) is 0 Å². The fourth-order valence-electron chi connectivity index (χ4n) is 2.68. The average molecular weight is 289 g/mol. The minimum absolute atomic E-state index is 0.0530. The second kappa shape index (κ2) is 5.69. The molecule has 7 heteroatoms. The van der Waals surface area contributed by atoms with Gasteiger partial charge in [0, 0.05) is 36.8 Å². The highest BCUT2D eigenvalue weighted by atomic mass is 16.5. The third-order valence-electron chi connectivity index (χ3n) is 3.69. The first-order valence-electron chi connectivity index (χ1n) is 7.14. The predicted molar refractivity (Wildman–Crippen MR) is 75.9 cm³/mol. The number of nitrogens with one attached hydrogen (secondary N) is 3. The number of carbonyl (C=O) groups excluding carboxylic acids is 1. The van der Waals surface area contributed by atoms with Crippen LogP contribution in [-0.4, -0.2) is 39.0 Å². The van der Waals surface area contributed by atoms with E-state index in [1.165, 1.54) is 0 Å². The molecule has 0 aliphatic carbocycles. The Morgan fingerprint density at radius 1 is 1.48 bits per heavy atom. The normalized spacial score (nSPS) is 21.0. The third kappa shape index (κ3) is 2.82. The van der Waals surface area contributed by atoms with Gasteiger partial charge in [0.1, 0.15) is 0 Å². The second-order valence-corrected chi connectivity index (χ2v) is 5.35. The van der Waals surface area contributed by atoms with Crippen molar-refractivity contribution in [1.82, 2.24) is 25.7 Å². The van der Waals surface area contributed by atoms with Crippen LogP contribution < -0.4 is 5.32 Å². The van der Waals surface area contributed by atoms with Gasteiger partial charge in [-0.1, -0.05) is 0 Å². The molecule has 2 aromatic rings. The Hall–Kier alpha value is -2.15. The lowest BCUT2D eigenvalue weighted by Gasteiger charge is -2.25. The number of hydrogen-bond donors (Lipinski definition) is 3. The lowest BCUT2D eigenvalue weighted by Crippen LogP contribution is -2.29. The molecular formula is C14H19N5O2. The molecule has 0 unspecified atom stereocenters. The Balaban J connectivity index is 1.65. The van der Waals surface area contributed by atoms with E-state index >= 15 is 0 Å². The van der Waals surface area contributed by atoms with Crippen LogP contribution in [0.5, 0.6) is 0 Å². The highest BCUT2D eigenvalue weighted by Gasteiger charge is 2.29. The van der Waals surface area contributed by atoms with E-state index in [4.69, 9.17) is 4.74 Å². The number of hydrogen-bond acceptors (Lipinski definition) is 4. The first kappa shape index (κ1) is 13.8. The van der Waals surface area contributed by atoms with Crippen LogP contribution in [0.25, 0.3) is 0 Å². The van der Waals surface area contributed by atoms with E-state index in [2.05, 4.69) is 25.7 Å². The number of aromatic amines is 2. The summed E-state index contributed by atoms with van der Waals surface area (Å²) in [6.45, 7) is 4.52. The van der Waals surface area contributed by atoms with Gasteiger partial charge < -0.3 is 10.1 Å². The van der Waals surface area contributed by atoms with Gasteiger partial charge in [-0.15, -0.1) is 0 Å². The molecule has 0 bridgehead atoms. The maximum Gasteiger partial charge on any atom is 0.272 e. The van der Waals surface area contributed by atoms with Crippen LogP contribution in [0.3, 0.4) is 0 Å². The van der Waals surface area contributed by atoms with Crippen molar-refractivity contribution in [3.05, 3.63) is 34.9 Å². The third-order valence-corrected chi connectivity index (χ3v) is 3.69. The number of carbonyl (C=O) groups is 1. The smallest absolute Gasteiger partial charge is 0.272 e. The summed E-state index contributed by atoms with van der Waals surface area (Å²) in [5, 5.41) is 16.7. The number of ether oxygens (including phenoxy) is 1. The molecular weight excluding hydrogens is 270 g/mol. The minimum atomic E-state index is -0.145. The fourth-order valence-corrected chi connectivity index (χ4v) is 2.68. The summed E-state index contributed by atoms with van der Waals surface area (Å²) < 4.78 is 5.72. The number of fused-ring (bicyclic) bond motifs is 1. The SMILES string of the molecule is C[C@@H]1Cc2c(C(=O)NCCc3ccn[nH]3)n[nH]c2[C@H](C)O1. The van der Waals surface area contributed by atoms with Gasteiger partial charge in [0.25, 0.3) is 5.91 Å². The van der Waals surface area contributed by atoms with Gasteiger partial charge >= 0.3 is 0 Å². The molecule has 0 spiro atoms. The zero-order chi connectivity index (χ0) is 14.8. The molecule has 1 aliphatic heterocycles. The van der Waals surface area contributed by atoms with E-state index in [1.54, 1.807) is 6.20 Å². The van der Waals surface area contributed by atoms with Crippen molar-refractivity contribution in [3.8, 4) is 0 Å². The van der Waals surface area contributed by atoms with E-state index in [1.807, 2.05) is 19.9 Å².